The van der Waals surface area contributed by atoms with E-state index < -0.39 is 0 Å². The molecule has 0 saturated carbocycles. The summed E-state index contributed by atoms with van der Waals surface area (Å²) in [5, 5.41) is 14.3. The Hall–Kier alpha value is -1.92. The Kier molecular flexibility index (Phi) is 9.14. The molecule has 2 atom stereocenters. The van der Waals surface area contributed by atoms with Gasteiger partial charge < -0.3 is 20.1 Å². The normalized spacial score (nSPS) is 18.1. The van der Waals surface area contributed by atoms with Gasteiger partial charge in [-0.25, -0.2) is 0 Å². The topological polar surface area (TPSA) is 83.4 Å². The van der Waals surface area contributed by atoms with Crippen LogP contribution in [-0.4, -0.2) is 51.3 Å². The van der Waals surface area contributed by atoms with Crippen molar-refractivity contribution >= 4 is 11.9 Å². The number of piperidine rings is 1. The van der Waals surface area contributed by atoms with Crippen molar-refractivity contribution < 1.29 is 14.3 Å². The van der Waals surface area contributed by atoms with Gasteiger partial charge in [-0.15, -0.1) is 0 Å². The first-order valence-corrected chi connectivity index (χ1v) is 9.45. The van der Waals surface area contributed by atoms with Crippen LogP contribution >= 0.6 is 0 Å². The van der Waals surface area contributed by atoms with Crippen molar-refractivity contribution in [1.82, 2.24) is 10.6 Å². The summed E-state index contributed by atoms with van der Waals surface area (Å²) in [6.45, 7) is 3.21. The molecule has 26 heavy (non-hydrogen) atoms. The van der Waals surface area contributed by atoms with E-state index in [1.807, 2.05) is 30.3 Å². The quantitative estimate of drug-likeness (QED) is 0.257. The van der Waals surface area contributed by atoms with E-state index in [0.717, 1.165) is 25.2 Å². The van der Waals surface area contributed by atoms with Crippen LogP contribution in [0.15, 0.2) is 30.3 Å². The molecular formula is C20H31N3O3. The van der Waals surface area contributed by atoms with Gasteiger partial charge in [-0.3, -0.25) is 10.2 Å². The predicted molar refractivity (Wildman–Crippen MR) is 102 cm³/mol. The summed E-state index contributed by atoms with van der Waals surface area (Å²) < 4.78 is 10.3. The first kappa shape index (κ1) is 20.4. The van der Waals surface area contributed by atoms with Crippen LogP contribution in [-0.2, 0) is 20.7 Å². The molecule has 1 heterocycles. The van der Waals surface area contributed by atoms with Crippen LogP contribution in [0.2, 0.25) is 0 Å². The van der Waals surface area contributed by atoms with Gasteiger partial charge in [-0.05, 0) is 56.8 Å². The maximum atomic E-state index is 12.5. The summed E-state index contributed by atoms with van der Waals surface area (Å²) in [7, 11) is 1.48. The van der Waals surface area contributed by atoms with Gasteiger partial charge >= 0.3 is 5.97 Å². The molecule has 6 nitrogen and oxygen atoms in total. The molecule has 0 aliphatic carbocycles. The maximum absolute atomic E-state index is 12.5. The second-order valence-corrected chi connectivity index (χ2v) is 6.76. The van der Waals surface area contributed by atoms with Crippen LogP contribution < -0.4 is 10.6 Å². The second-order valence-electron chi connectivity index (χ2n) is 6.76. The second kappa shape index (κ2) is 11.6. The van der Waals surface area contributed by atoms with Crippen LogP contribution in [0.25, 0.3) is 0 Å². The Balaban J connectivity index is 1.84. The largest absolute Gasteiger partial charge is 0.484 e. The van der Waals surface area contributed by atoms with E-state index in [9.17, 15) is 4.79 Å². The third-order valence-electron chi connectivity index (χ3n) is 4.66. The average molecular weight is 361 g/mol. The Morgan fingerprint density at radius 2 is 2.19 bits per heavy atom. The molecule has 1 unspecified atom stereocenters. The molecule has 0 bridgehead atoms. The van der Waals surface area contributed by atoms with E-state index in [0.29, 0.717) is 31.8 Å². The standard InChI is InChI=1S/C20H31N3O3/c1-25-19(21)10-6-12-26-20(24)18(13-16-7-3-2-4-8-16)23-15-17-9-5-11-22-14-17/h2-4,7-8,17-18,21-23H,5-6,9-15H2,1H3/t17?,18-/m0/s1. The van der Waals surface area contributed by atoms with Gasteiger partial charge in [0.05, 0.1) is 13.7 Å². The fourth-order valence-electron chi connectivity index (χ4n) is 3.10. The molecular weight excluding hydrogens is 330 g/mol. The number of carbonyl (C=O) groups excluding carboxylic acids is 1. The lowest BCUT2D eigenvalue weighted by Gasteiger charge is -2.25. The van der Waals surface area contributed by atoms with E-state index >= 15 is 0 Å². The van der Waals surface area contributed by atoms with Crippen LogP contribution in [0.4, 0.5) is 0 Å². The summed E-state index contributed by atoms with van der Waals surface area (Å²) in [4.78, 5) is 12.5. The lowest BCUT2D eigenvalue weighted by molar-refractivity contribution is -0.146. The van der Waals surface area contributed by atoms with Gasteiger partial charge in [0, 0.05) is 6.42 Å². The Morgan fingerprint density at radius 3 is 2.88 bits per heavy atom. The van der Waals surface area contributed by atoms with Gasteiger partial charge in [0.25, 0.3) is 0 Å². The molecule has 1 fully saturated rings. The van der Waals surface area contributed by atoms with Gasteiger partial charge in [-0.1, -0.05) is 30.3 Å². The number of rotatable bonds is 10. The number of nitrogens with one attached hydrogen (secondary N) is 3. The lowest BCUT2D eigenvalue weighted by Crippen LogP contribution is -2.45. The van der Waals surface area contributed by atoms with Crippen molar-refractivity contribution in [3.8, 4) is 0 Å². The van der Waals surface area contributed by atoms with Crippen LogP contribution in [0.1, 0.15) is 31.2 Å². The summed E-state index contributed by atoms with van der Waals surface area (Å²) in [5.41, 5.74) is 1.12. The van der Waals surface area contributed by atoms with E-state index in [1.54, 1.807) is 0 Å². The highest BCUT2D eigenvalue weighted by Gasteiger charge is 2.22. The molecule has 2 rings (SSSR count). The number of benzene rings is 1. The van der Waals surface area contributed by atoms with E-state index in [4.69, 9.17) is 14.9 Å². The molecule has 0 amide bonds. The molecule has 144 valence electrons. The molecule has 3 N–H and O–H groups in total. The smallest absolute Gasteiger partial charge is 0.323 e. The minimum atomic E-state index is -0.346. The highest BCUT2D eigenvalue weighted by molar-refractivity contribution is 5.76. The van der Waals surface area contributed by atoms with Gasteiger partial charge in [0.2, 0.25) is 0 Å². The first-order valence-electron chi connectivity index (χ1n) is 9.45. The summed E-state index contributed by atoms with van der Waals surface area (Å²) in [5.74, 6) is 0.545. The zero-order valence-electron chi connectivity index (χ0n) is 15.6. The van der Waals surface area contributed by atoms with Crippen LogP contribution in [0, 0.1) is 11.3 Å². The molecule has 1 aromatic carbocycles. The molecule has 0 aromatic heterocycles. The number of carbonyl (C=O) groups is 1. The third kappa shape index (κ3) is 7.54. The lowest BCUT2D eigenvalue weighted by atomic mass is 9.98. The Morgan fingerprint density at radius 1 is 1.38 bits per heavy atom. The minimum absolute atomic E-state index is 0.213. The van der Waals surface area contributed by atoms with E-state index in [2.05, 4.69) is 10.6 Å². The molecule has 6 heteroatoms. The molecule has 1 saturated heterocycles. The third-order valence-corrected chi connectivity index (χ3v) is 4.66. The number of hydrogen-bond acceptors (Lipinski definition) is 6. The summed E-state index contributed by atoms with van der Waals surface area (Å²) in [6, 6.07) is 9.66. The number of methoxy groups -OCH3 is 1. The minimum Gasteiger partial charge on any atom is -0.484 e. The van der Waals surface area contributed by atoms with Crippen molar-refractivity contribution in [3.63, 3.8) is 0 Å². The number of hydrogen-bond donors (Lipinski definition) is 3. The van der Waals surface area contributed by atoms with Crippen LogP contribution in [0.5, 0.6) is 0 Å². The van der Waals surface area contributed by atoms with Gasteiger partial charge in [-0.2, -0.15) is 0 Å². The maximum Gasteiger partial charge on any atom is 0.323 e. The van der Waals surface area contributed by atoms with Crippen molar-refractivity contribution in [1.29, 1.82) is 5.41 Å². The molecule has 0 radical (unpaired) electrons. The zero-order valence-corrected chi connectivity index (χ0v) is 15.6. The monoisotopic (exact) mass is 361 g/mol. The summed E-state index contributed by atoms with van der Waals surface area (Å²) in [6.07, 6.45) is 4.07. The Bertz CT molecular complexity index is 544. The number of esters is 1. The number of ether oxygens (including phenoxy) is 2. The summed E-state index contributed by atoms with van der Waals surface area (Å²) >= 11 is 0. The Labute approximate surface area is 156 Å². The molecule has 0 spiro atoms. The van der Waals surface area contributed by atoms with Gasteiger partial charge in [0.1, 0.15) is 6.04 Å². The molecule has 1 aliphatic rings. The van der Waals surface area contributed by atoms with Crippen molar-refractivity contribution in [2.45, 2.75) is 38.1 Å². The SMILES string of the molecule is COC(=N)CCCOC(=O)[C@H](Cc1ccccc1)NCC1CCCNC1. The van der Waals surface area contributed by atoms with Gasteiger partial charge in [0.15, 0.2) is 5.90 Å². The molecule has 1 aromatic rings. The van der Waals surface area contributed by atoms with E-state index in [-0.39, 0.29) is 17.9 Å². The zero-order chi connectivity index (χ0) is 18.6. The van der Waals surface area contributed by atoms with Crippen LogP contribution in [0.3, 0.4) is 0 Å². The fraction of sp³-hybridized carbons (Fsp3) is 0.600. The predicted octanol–water partition coefficient (Wildman–Crippen LogP) is 2.13. The highest BCUT2D eigenvalue weighted by atomic mass is 16.5. The fourth-order valence-corrected chi connectivity index (χ4v) is 3.10. The van der Waals surface area contributed by atoms with Crippen molar-refractivity contribution in [2.24, 2.45) is 5.92 Å². The average Bonchev–Trinajstić information content (AvgIpc) is 2.69. The van der Waals surface area contributed by atoms with Crippen molar-refractivity contribution in [2.75, 3.05) is 33.4 Å². The van der Waals surface area contributed by atoms with Crippen molar-refractivity contribution in [3.05, 3.63) is 35.9 Å². The molecule has 1 aliphatic heterocycles. The highest BCUT2D eigenvalue weighted by Crippen LogP contribution is 2.11. The first-order chi connectivity index (χ1) is 12.7. The van der Waals surface area contributed by atoms with E-state index in [1.165, 1.54) is 20.0 Å².